The molecule has 11 heteroatoms. The van der Waals surface area contributed by atoms with Crippen LogP contribution in [0.1, 0.15) is 0 Å². The lowest BCUT2D eigenvalue weighted by molar-refractivity contribution is -0.111. The predicted molar refractivity (Wildman–Crippen MR) is 158 cm³/mol. The number of fused-ring (bicyclic) bond motifs is 1. The standard InChI is InChI=1S/C28H33N7O3S/c1-7-27(36)30-20-16-21(24(38-5)17-23(20)34(4)15-14-33(2)3)31-28-29-13-12-26(32-28)35-18-25(39(6)37)19-10-8-9-11-22(19)35/h7-13,16-18H,1,14-15H2,2-6H3,(H,30,36)(H,29,31,32). The first-order chi connectivity index (χ1) is 18.7. The third-order valence-corrected chi connectivity index (χ3v) is 7.12. The summed E-state index contributed by atoms with van der Waals surface area (Å²) in [6.07, 6.45) is 6.38. The predicted octanol–water partition coefficient (Wildman–Crippen LogP) is 4.03. The van der Waals surface area contributed by atoms with Gasteiger partial charge in [0.15, 0.2) is 4.90 Å². The number of likely N-dealkylation sites (N-methyl/N-ethyl adjacent to an activating group) is 2. The van der Waals surface area contributed by atoms with Gasteiger partial charge in [-0.25, -0.2) is 4.98 Å². The molecule has 2 N–H and O–H groups in total. The zero-order valence-electron chi connectivity index (χ0n) is 22.8. The van der Waals surface area contributed by atoms with Crippen molar-refractivity contribution in [1.82, 2.24) is 19.4 Å². The Bertz CT molecular complexity index is 1490. The Morgan fingerprint density at radius 1 is 1.18 bits per heavy atom. The molecule has 2 aromatic carbocycles. The van der Waals surface area contributed by atoms with Gasteiger partial charge in [-0.05, 0) is 55.6 Å². The smallest absolute Gasteiger partial charge is 0.247 e. The van der Waals surface area contributed by atoms with Crippen LogP contribution in [-0.2, 0) is 16.0 Å². The quantitative estimate of drug-likeness (QED) is 0.214. The van der Waals surface area contributed by atoms with E-state index in [-0.39, 0.29) is 5.91 Å². The highest BCUT2D eigenvalue weighted by atomic mass is 32.2. The van der Waals surface area contributed by atoms with Crippen LogP contribution in [-0.4, -0.2) is 77.5 Å². The number of hydrogen-bond acceptors (Lipinski definition) is 8. The van der Waals surface area contributed by atoms with Crippen LogP contribution >= 0.6 is 0 Å². The van der Waals surface area contributed by atoms with E-state index in [4.69, 9.17) is 9.72 Å². The molecule has 10 nitrogen and oxygen atoms in total. The lowest BCUT2D eigenvalue weighted by atomic mass is 10.2. The lowest BCUT2D eigenvalue weighted by Gasteiger charge is -2.26. The Kier molecular flexibility index (Phi) is 8.75. The molecule has 0 radical (unpaired) electrons. The normalized spacial score (nSPS) is 11.9. The summed E-state index contributed by atoms with van der Waals surface area (Å²) in [5, 5.41) is 7.04. The zero-order valence-corrected chi connectivity index (χ0v) is 23.6. The molecule has 204 valence electrons. The second-order valence-corrected chi connectivity index (χ2v) is 10.5. The number of ether oxygens (including phenoxy) is 1. The SMILES string of the molecule is C=CC(=O)Nc1cc(Nc2nccc(-n3cc([S+](C)[O-])c4ccccc43)n2)c(OC)cc1N(C)CCN(C)C. The highest BCUT2D eigenvalue weighted by Gasteiger charge is 2.19. The van der Waals surface area contributed by atoms with Crippen LogP contribution < -0.4 is 20.3 Å². The molecule has 1 amide bonds. The van der Waals surface area contributed by atoms with Crippen LogP contribution in [0.5, 0.6) is 5.75 Å². The molecule has 39 heavy (non-hydrogen) atoms. The maximum atomic E-state index is 12.4. The maximum Gasteiger partial charge on any atom is 0.247 e. The van der Waals surface area contributed by atoms with E-state index in [1.807, 2.05) is 62.2 Å². The largest absolute Gasteiger partial charge is 0.612 e. The van der Waals surface area contributed by atoms with E-state index in [1.54, 1.807) is 31.7 Å². The van der Waals surface area contributed by atoms with E-state index in [0.29, 0.717) is 28.9 Å². The molecule has 0 aliphatic rings. The molecule has 2 heterocycles. The monoisotopic (exact) mass is 547 g/mol. The third-order valence-electron chi connectivity index (χ3n) is 6.17. The summed E-state index contributed by atoms with van der Waals surface area (Å²) in [6.45, 7) is 5.14. The van der Waals surface area contributed by atoms with Crippen molar-refractivity contribution in [1.29, 1.82) is 0 Å². The van der Waals surface area contributed by atoms with Gasteiger partial charge in [0, 0.05) is 32.4 Å². The van der Waals surface area contributed by atoms with Gasteiger partial charge >= 0.3 is 0 Å². The number of anilines is 4. The number of hydrogen-bond donors (Lipinski definition) is 2. The molecule has 0 fully saturated rings. The minimum Gasteiger partial charge on any atom is -0.612 e. The molecule has 0 saturated carbocycles. The molecule has 4 rings (SSSR count). The van der Waals surface area contributed by atoms with Crippen molar-refractivity contribution in [2.24, 2.45) is 0 Å². The van der Waals surface area contributed by atoms with E-state index in [0.717, 1.165) is 34.6 Å². The summed E-state index contributed by atoms with van der Waals surface area (Å²) < 4.78 is 20.0. The van der Waals surface area contributed by atoms with Gasteiger partial charge in [0.1, 0.15) is 17.8 Å². The lowest BCUT2D eigenvalue weighted by Crippen LogP contribution is -2.29. The average Bonchev–Trinajstić information content (AvgIpc) is 3.32. The number of rotatable bonds is 11. The van der Waals surface area contributed by atoms with Gasteiger partial charge in [-0.2, -0.15) is 4.98 Å². The Morgan fingerprint density at radius 3 is 2.64 bits per heavy atom. The molecule has 2 aromatic heterocycles. The van der Waals surface area contributed by atoms with Crippen molar-refractivity contribution in [3.05, 3.63) is 67.5 Å². The fourth-order valence-electron chi connectivity index (χ4n) is 4.14. The van der Waals surface area contributed by atoms with Gasteiger partial charge in [-0.3, -0.25) is 9.36 Å². The summed E-state index contributed by atoms with van der Waals surface area (Å²) in [4.78, 5) is 26.2. The van der Waals surface area contributed by atoms with E-state index >= 15 is 0 Å². The van der Waals surface area contributed by atoms with E-state index in [2.05, 4.69) is 32.0 Å². The van der Waals surface area contributed by atoms with Crippen molar-refractivity contribution in [3.63, 3.8) is 0 Å². The van der Waals surface area contributed by atoms with E-state index in [1.165, 1.54) is 6.08 Å². The number of benzene rings is 2. The molecule has 0 aliphatic heterocycles. The summed E-state index contributed by atoms with van der Waals surface area (Å²) in [5.41, 5.74) is 2.85. The van der Waals surface area contributed by atoms with Gasteiger partial charge in [0.25, 0.3) is 0 Å². The average molecular weight is 548 g/mol. The van der Waals surface area contributed by atoms with E-state index in [9.17, 15) is 9.35 Å². The van der Waals surface area contributed by atoms with Crippen LogP contribution in [0, 0.1) is 0 Å². The highest BCUT2D eigenvalue weighted by Crippen LogP contribution is 2.38. The number of aromatic nitrogens is 3. The van der Waals surface area contributed by atoms with Gasteiger partial charge in [0.2, 0.25) is 11.9 Å². The molecule has 0 bridgehead atoms. The van der Waals surface area contributed by atoms with Crippen LogP contribution in [0.3, 0.4) is 0 Å². The fourth-order valence-corrected chi connectivity index (χ4v) is 4.87. The van der Waals surface area contributed by atoms with Crippen molar-refractivity contribution in [2.45, 2.75) is 4.90 Å². The molecule has 1 atom stereocenters. The van der Waals surface area contributed by atoms with Crippen molar-refractivity contribution < 1.29 is 14.1 Å². The topological polar surface area (TPSA) is 111 Å². The molecule has 1 unspecified atom stereocenters. The van der Waals surface area contributed by atoms with Gasteiger partial charge in [-0.15, -0.1) is 0 Å². The Hall–Kier alpha value is -4.06. The number of carbonyl (C=O) groups is 1. The second-order valence-electron chi connectivity index (χ2n) is 9.19. The third kappa shape index (κ3) is 6.33. The first kappa shape index (κ1) is 28.0. The highest BCUT2D eigenvalue weighted by molar-refractivity contribution is 7.91. The second kappa shape index (κ2) is 12.2. The van der Waals surface area contributed by atoms with Crippen LogP contribution in [0.15, 0.2) is 72.4 Å². The van der Waals surface area contributed by atoms with Crippen molar-refractivity contribution in [3.8, 4) is 11.6 Å². The first-order valence-corrected chi connectivity index (χ1v) is 13.8. The Labute approximate surface area is 231 Å². The van der Waals surface area contributed by atoms with Gasteiger partial charge in [-0.1, -0.05) is 18.7 Å². The minimum absolute atomic E-state index is 0.324. The maximum absolute atomic E-state index is 12.4. The number of nitrogens with one attached hydrogen (secondary N) is 2. The van der Waals surface area contributed by atoms with Crippen LogP contribution in [0.2, 0.25) is 0 Å². The minimum atomic E-state index is -1.16. The van der Waals surface area contributed by atoms with E-state index < -0.39 is 11.2 Å². The summed E-state index contributed by atoms with van der Waals surface area (Å²) >= 11 is -1.16. The Balaban J connectivity index is 1.72. The summed E-state index contributed by atoms with van der Waals surface area (Å²) in [5.74, 6) is 1.18. The molecule has 4 aromatic rings. The van der Waals surface area contributed by atoms with Gasteiger partial charge in [0.05, 0.1) is 41.3 Å². The van der Waals surface area contributed by atoms with Crippen molar-refractivity contribution in [2.75, 3.05) is 63.1 Å². The molecule has 0 saturated heterocycles. The molecular weight excluding hydrogens is 514 g/mol. The molecular formula is C28H33N7O3S. The first-order valence-electron chi connectivity index (χ1n) is 12.3. The number of carbonyl (C=O) groups excluding carboxylic acids is 1. The summed E-state index contributed by atoms with van der Waals surface area (Å²) in [7, 11) is 7.56. The fraction of sp³-hybridized carbons (Fsp3) is 0.250. The van der Waals surface area contributed by atoms with Crippen LogP contribution in [0.4, 0.5) is 23.0 Å². The zero-order chi connectivity index (χ0) is 28.1. The number of amides is 1. The molecule has 0 spiro atoms. The van der Waals surface area contributed by atoms with Crippen molar-refractivity contribution >= 4 is 51.0 Å². The Morgan fingerprint density at radius 2 is 1.95 bits per heavy atom. The number of nitrogens with zero attached hydrogens (tertiary/aromatic N) is 5. The molecule has 0 aliphatic carbocycles. The van der Waals surface area contributed by atoms with Crippen LogP contribution in [0.25, 0.3) is 16.7 Å². The number of para-hydroxylation sites is 1. The summed E-state index contributed by atoms with van der Waals surface area (Å²) in [6, 6.07) is 13.2. The number of methoxy groups -OCH3 is 1. The van der Waals surface area contributed by atoms with Gasteiger partial charge < -0.3 is 29.7 Å².